The van der Waals surface area contributed by atoms with E-state index in [1.54, 1.807) is 37.2 Å². The Morgan fingerprint density at radius 2 is 1.28 bits per heavy atom. The summed E-state index contributed by atoms with van der Waals surface area (Å²) in [5.41, 5.74) is 9.34. The Morgan fingerprint density at radius 1 is 0.780 bits per heavy atom. The van der Waals surface area contributed by atoms with Crippen LogP contribution in [0.3, 0.4) is 0 Å². The Kier molecular flexibility index (Phi) is 10.6. The number of hydrogen-bond acceptors (Lipinski definition) is 9. The Morgan fingerprint density at radius 3 is 1.76 bits per heavy atom. The van der Waals surface area contributed by atoms with Gasteiger partial charge in [0.05, 0.1) is 84.2 Å². The zero-order valence-corrected chi connectivity index (χ0v) is 31.1. The van der Waals surface area contributed by atoms with Gasteiger partial charge in [-0.25, -0.2) is 29.5 Å². The molecule has 5 heterocycles. The predicted octanol–water partition coefficient (Wildman–Crippen LogP) is 7.03. The van der Waals surface area contributed by atoms with E-state index >= 15 is 0 Å². The molecule has 0 bridgehead atoms. The Bertz CT molecular complexity index is 2220. The molecule has 1 saturated heterocycles. The maximum absolute atomic E-state index is 12.5. The Balaban J connectivity index is 0.000000178. The fourth-order valence-corrected chi connectivity index (χ4v) is 6.75. The van der Waals surface area contributed by atoms with Crippen molar-refractivity contribution >= 4 is 56.3 Å². The highest BCUT2D eigenvalue weighted by Crippen LogP contribution is 2.31. The zero-order valence-electron chi connectivity index (χ0n) is 29.0. The maximum atomic E-state index is 12.5. The van der Waals surface area contributed by atoms with Crippen molar-refractivity contribution in [2.45, 2.75) is 33.1 Å². The third-order valence-corrected chi connectivity index (χ3v) is 10.3. The number of aryl methyl sites for hydroxylation is 4. The third kappa shape index (κ3) is 7.26. The first-order chi connectivity index (χ1) is 24.1. The molecular formula is C38H39IN6O5. The molecule has 50 heavy (non-hydrogen) atoms. The third-order valence-electron chi connectivity index (χ3n) is 9.17. The average Bonchev–Trinajstić information content (AvgIpc) is 3.76. The van der Waals surface area contributed by atoms with Gasteiger partial charge in [-0.1, -0.05) is 0 Å². The molecule has 0 saturated carbocycles. The number of rotatable bonds is 6. The number of carbonyl (C=O) groups excluding carboxylic acids is 2. The SMILES string of the molecule is COC(=O)c1cc(-c2cncn2C)nc2cc(C)c(CC3CCOCC3)cc12.COC(=O)c1cc(-c2cncn2C)nc2cc(C)c(I)cc12. The number of imidazole rings is 2. The van der Waals surface area contributed by atoms with Crippen LogP contribution in [0.4, 0.5) is 0 Å². The van der Waals surface area contributed by atoms with Gasteiger partial charge in [0, 0.05) is 41.7 Å². The lowest BCUT2D eigenvalue weighted by atomic mass is 9.89. The summed E-state index contributed by atoms with van der Waals surface area (Å²) >= 11 is 2.26. The van der Waals surface area contributed by atoms with Gasteiger partial charge in [-0.05, 0) is 115 Å². The number of pyridine rings is 2. The van der Waals surface area contributed by atoms with Crippen molar-refractivity contribution in [2.24, 2.45) is 20.0 Å². The number of aromatic nitrogens is 6. The van der Waals surface area contributed by atoms with E-state index in [0.29, 0.717) is 28.4 Å². The van der Waals surface area contributed by atoms with Gasteiger partial charge in [0.2, 0.25) is 0 Å². The second kappa shape index (κ2) is 15.1. The molecular weight excluding hydrogens is 747 g/mol. The van der Waals surface area contributed by atoms with Crippen molar-refractivity contribution in [3.63, 3.8) is 0 Å². The highest BCUT2D eigenvalue weighted by atomic mass is 127. The predicted molar refractivity (Wildman–Crippen MR) is 200 cm³/mol. The average molecular weight is 787 g/mol. The van der Waals surface area contributed by atoms with Gasteiger partial charge in [-0.2, -0.15) is 0 Å². The summed E-state index contributed by atoms with van der Waals surface area (Å²) in [6.45, 7) is 5.81. The number of nitrogens with zero attached hydrogens (tertiary/aromatic N) is 6. The lowest BCUT2D eigenvalue weighted by molar-refractivity contribution is 0.0594. The summed E-state index contributed by atoms with van der Waals surface area (Å²) in [6.07, 6.45) is 10.1. The van der Waals surface area contributed by atoms with Crippen molar-refractivity contribution in [1.29, 1.82) is 0 Å². The van der Waals surface area contributed by atoms with Crippen LogP contribution in [0.1, 0.15) is 50.2 Å². The van der Waals surface area contributed by atoms with Gasteiger partial charge in [-0.15, -0.1) is 0 Å². The number of fused-ring (bicyclic) bond motifs is 2. The van der Waals surface area contributed by atoms with Crippen LogP contribution in [0, 0.1) is 23.3 Å². The van der Waals surface area contributed by atoms with Gasteiger partial charge >= 0.3 is 11.9 Å². The smallest absolute Gasteiger partial charge is 0.338 e. The van der Waals surface area contributed by atoms with Crippen LogP contribution in [0.15, 0.2) is 61.4 Å². The molecule has 0 atom stereocenters. The molecule has 4 aromatic heterocycles. The van der Waals surface area contributed by atoms with Crippen LogP contribution in [0.2, 0.25) is 0 Å². The van der Waals surface area contributed by atoms with Crippen molar-refractivity contribution in [2.75, 3.05) is 27.4 Å². The quantitative estimate of drug-likeness (QED) is 0.129. The van der Waals surface area contributed by atoms with Crippen molar-refractivity contribution < 1.29 is 23.8 Å². The standard InChI is InChI=1S/C22H25N3O3.C16H14IN3O2/c1-14-8-19-17(10-16(14)9-15-4-6-28-7-5-15)18(22(26)27-3)11-20(24-19)21-12-23-13-25(21)2;1-9-4-13-10(5-12(9)17)11(16(21)22-3)6-14(19-13)15-7-18-8-20(15)2/h8,10-13,15H,4-7,9H2,1-3H3;4-8H,1-3H3. The molecule has 0 unspecified atom stereocenters. The van der Waals surface area contributed by atoms with Crippen molar-refractivity contribution in [3.8, 4) is 22.8 Å². The number of hydrogen-bond donors (Lipinski definition) is 0. The molecule has 12 heteroatoms. The second-order valence-electron chi connectivity index (χ2n) is 12.5. The van der Waals surface area contributed by atoms with Crippen LogP contribution < -0.4 is 0 Å². The second-order valence-corrected chi connectivity index (χ2v) is 13.7. The zero-order chi connectivity index (χ0) is 35.5. The normalized spacial score (nSPS) is 13.3. The molecule has 0 amide bonds. The highest BCUT2D eigenvalue weighted by molar-refractivity contribution is 14.1. The van der Waals surface area contributed by atoms with Crippen molar-refractivity contribution in [1.82, 2.24) is 29.1 Å². The maximum Gasteiger partial charge on any atom is 0.338 e. The first kappa shape index (κ1) is 35.1. The molecule has 0 radical (unpaired) electrons. The minimum Gasteiger partial charge on any atom is -0.465 e. The lowest BCUT2D eigenvalue weighted by Gasteiger charge is -2.23. The molecule has 258 valence electrons. The molecule has 11 nitrogen and oxygen atoms in total. The summed E-state index contributed by atoms with van der Waals surface area (Å²) in [4.78, 5) is 42.5. The number of esters is 2. The number of ether oxygens (including phenoxy) is 3. The van der Waals surface area contributed by atoms with Crippen molar-refractivity contribution in [3.05, 3.63) is 92.8 Å². The summed E-state index contributed by atoms with van der Waals surface area (Å²) in [6, 6.07) is 11.7. The Hall–Kier alpha value is -4.69. The molecule has 1 aliphatic heterocycles. The van der Waals surface area contributed by atoms with Crippen LogP contribution in [-0.4, -0.2) is 68.4 Å². The van der Waals surface area contributed by atoms with Gasteiger partial charge in [0.1, 0.15) is 0 Å². The molecule has 1 fully saturated rings. The highest BCUT2D eigenvalue weighted by Gasteiger charge is 2.20. The van der Waals surface area contributed by atoms with Crippen LogP contribution in [0.5, 0.6) is 0 Å². The number of benzene rings is 2. The number of methoxy groups -OCH3 is 2. The van der Waals surface area contributed by atoms with E-state index in [1.807, 2.05) is 42.3 Å². The molecule has 0 spiro atoms. The van der Waals surface area contributed by atoms with E-state index in [-0.39, 0.29) is 11.9 Å². The fourth-order valence-electron chi connectivity index (χ4n) is 6.28. The number of carbonyl (C=O) groups is 2. The van der Waals surface area contributed by atoms with Crippen LogP contribution in [0.25, 0.3) is 44.6 Å². The van der Waals surface area contributed by atoms with Gasteiger partial charge in [0.25, 0.3) is 0 Å². The first-order valence-electron chi connectivity index (χ1n) is 16.3. The largest absolute Gasteiger partial charge is 0.465 e. The molecule has 7 rings (SSSR count). The Labute approximate surface area is 304 Å². The van der Waals surface area contributed by atoms with Gasteiger partial charge in [0.15, 0.2) is 0 Å². The molecule has 1 aliphatic rings. The van der Waals surface area contributed by atoms with E-state index in [1.165, 1.54) is 25.3 Å². The molecule has 0 aliphatic carbocycles. The minimum absolute atomic E-state index is 0.350. The van der Waals surface area contributed by atoms with E-state index in [9.17, 15) is 9.59 Å². The summed E-state index contributed by atoms with van der Waals surface area (Å²) in [5, 5.41) is 1.64. The van der Waals surface area contributed by atoms with E-state index in [2.05, 4.69) is 56.6 Å². The number of halogens is 1. The monoisotopic (exact) mass is 786 g/mol. The van der Waals surface area contributed by atoms with Crippen LogP contribution in [-0.2, 0) is 34.7 Å². The molecule has 2 aromatic carbocycles. The van der Waals surface area contributed by atoms with Gasteiger partial charge < -0.3 is 23.3 Å². The summed E-state index contributed by atoms with van der Waals surface area (Å²) in [5.74, 6) is -0.0969. The topological polar surface area (TPSA) is 123 Å². The van der Waals surface area contributed by atoms with E-state index < -0.39 is 0 Å². The van der Waals surface area contributed by atoms with Crippen LogP contribution >= 0.6 is 22.6 Å². The molecule has 6 aromatic rings. The lowest BCUT2D eigenvalue weighted by Crippen LogP contribution is -2.18. The summed E-state index contributed by atoms with van der Waals surface area (Å²) in [7, 11) is 6.60. The van der Waals surface area contributed by atoms with E-state index in [4.69, 9.17) is 19.2 Å². The summed E-state index contributed by atoms with van der Waals surface area (Å²) < 4.78 is 20.3. The minimum atomic E-state index is -0.365. The van der Waals surface area contributed by atoms with Gasteiger partial charge in [-0.3, -0.25) is 0 Å². The van der Waals surface area contributed by atoms with E-state index in [0.717, 1.165) is 74.8 Å². The molecule has 0 N–H and O–H groups in total. The fraction of sp³-hybridized carbons (Fsp3) is 0.316. The first-order valence-corrected chi connectivity index (χ1v) is 17.4.